The lowest BCUT2D eigenvalue weighted by molar-refractivity contribution is 0.0192. The molecule has 0 aliphatic rings. The van der Waals surface area contributed by atoms with Gasteiger partial charge >= 0.3 is 6.09 Å². The summed E-state index contributed by atoms with van der Waals surface area (Å²) in [7, 11) is 0. The highest BCUT2D eigenvalue weighted by molar-refractivity contribution is 5.68. The van der Waals surface area contributed by atoms with E-state index in [9.17, 15) is 4.79 Å². The van der Waals surface area contributed by atoms with Crippen LogP contribution in [-0.2, 0) is 4.74 Å². The van der Waals surface area contributed by atoms with Crippen LogP contribution in [0.1, 0.15) is 55.4 Å². The Labute approximate surface area is 118 Å². The Morgan fingerprint density at radius 1 is 1.16 bits per heavy atom. The van der Waals surface area contributed by atoms with E-state index < -0.39 is 5.60 Å². The zero-order valence-electron chi connectivity index (χ0n) is 13.9. The molecule has 1 atom stereocenters. The van der Waals surface area contributed by atoms with Crippen molar-refractivity contribution in [3.63, 3.8) is 0 Å². The molecule has 0 heterocycles. The van der Waals surface area contributed by atoms with Crippen molar-refractivity contribution in [1.82, 2.24) is 10.2 Å². The third-order valence-electron chi connectivity index (χ3n) is 3.07. The van der Waals surface area contributed by atoms with Crippen molar-refractivity contribution in [2.24, 2.45) is 5.92 Å². The lowest BCUT2D eigenvalue weighted by Crippen LogP contribution is -2.45. The van der Waals surface area contributed by atoms with Gasteiger partial charge in [-0.1, -0.05) is 13.8 Å². The fraction of sp³-hybridized carbons (Fsp3) is 0.933. The highest BCUT2D eigenvalue weighted by atomic mass is 16.6. The van der Waals surface area contributed by atoms with Gasteiger partial charge in [-0.05, 0) is 47.5 Å². The van der Waals surface area contributed by atoms with Crippen molar-refractivity contribution in [3.05, 3.63) is 0 Å². The summed E-state index contributed by atoms with van der Waals surface area (Å²) in [5, 5.41) is 3.44. The molecule has 0 aliphatic heterocycles. The molecule has 0 aromatic carbocycles. The Kier molecular flexibility index (Phi) is 7.42. The Hall–Kier alpha value is -0.770. The normalized spacial score (nSPS) is 13.8. The Morgan fingerprint density at radius 2 is 1.68 bits per heavy atom. The number of ether oxygens (including phenoxy) is 1. The molecule has 0 rings (SSSR count). The van der Waals surface area contributed by atoms with Gasteiger partial charge in [0.1, 0.15) is 5.60 Å². The summed E-state index contributed by atoms with van der Waals surface area (Å²) in [4.78, 5) is 13.9. The van der Waals surface area contributed by atoms with Crippen LogP contribution in [-0.4, -0.2) is 41.8 Å². The highest BCUT2D eigenvalue weighted by Crippen LogP contribution is 2.11. The van der Waals surface area contributed by atoms with Crippen molar-refractivity contribution in [2.75, 3.05) is 13.1 Å². The Balaban J connectivity index is 4.31. The minimum atomic E-state index is -0.442. The second kappa shape index (κ2) is 7.73. The van der Waals surface area contributed by atoms with Crippen LogP contribution in [0.25, 0.3) is 0 Å². The van der Waals surface area contributed by atoms with Crippen molar-refractivity contribution in [1.29, 1.82) is 0 Å². The molecule has 0 fully saturated rings. The van der Waals surface area contributed by atoms with Crippen LogP contribution in [0, 0.1) is 5.92 Å². The number of carbonyl (C=O) groups excluding carboxylic acids is 1. The maximum absolute atomic E-state index is 12.1. The zero-order chi connectivity index (χ0) is 15.2. The maximum Gasteiger partial charge on any atom is 0.410 e. The minimum Gasteiger partial charge on any atom is -0.444 e. The van der Waals surface area contributed by atoms with Crippen LogP contribution in [0.5, 0.6) is 0 Å². The maximum atomic E-state index is 12.1. The topological polar surface area (TPSA) is 41.6 Å². The molecule has 1 amide bonds. The molecular formula is C15H32N2O2. The standard InChI is InChI=1S/C15H32N2O2/c1-11(2)13(5)16-9-10-17(12(3)4)14(18)19-15(6,7)8/h11-13,16H,9-10H2,1-8H3. The highest BCUT2D eigenvalue weighted by Gasteiger charge is 2.23. The first kappa shape index (κ1) is 18.2. The van der Waals surface area contributed by atoms with E-state index in [0.29, 0.717) is 18.5 Å². The quantitative estimate of drug-likeness (QED) is 0.807. The monoisotopic (exact) mass is 272 g/mol. The fourth-order valence-corrected chi connectivity index (χ4v) is 1.53. The predicted molar refractivity (Wildman–Crippen MR) is 80.4 cm³/mol. The Morgan fingerprint density at radius 3 is 2.05 bits per heavy atom. The first-order valence-corrected chi connectivity index (χ1v) is 7.27. The summed E-state index contributed by atoms with van der Waals surface area (Å²) in [6, 6.07) is 0.596. The molecule has 0 aliphatic carbocycles. The van der Waals surface area contributed by atoms with Crippen molar-refractivity contribution >= 4 is 6.09 Å². The molecule has 0 radical (unpaired) electrons. The second-order valence-electron chi connectivity index (χ2n) is 6.75. The second-order valence-corrected chi connectivity index (χ2v) is 6.75. The molecule has 0 saturated carbocycles. The lowest BCUT2D eigenvalue weighted by Gasteiger charge is -2.30. The molecule has 1 unspecified atom stereocenters. The Bertz CT molecular complexity index is 270. The molecule has 0 saturated heterocycles. The van der Waals surface area contributed by atoms with Crippen LogP contribution in [0.15, 0.2) is 0 Å². The smallest absolute Gasteiger partial charge is 0.410 e. The van der Waals surface area contributed by atoms with E-state index in [-0.39, 0.29) is 12.1 Å². The van der Waals surface area contributed by atoms with Crippen molar-refractivity contribution < 1.29 is 9.53 Å². The van der Waals surface area contributed by atoms with Gasteiger partial charge in [-0.2, -0.15) is 0 Å². The van der Waals surface area contributed by atoms with Gasteiger partial charge in [0.25, 0.3) is 0 Å². The largest absolute Gasteiger partial charge is 0.444 e. The number of carbonyl (C=O) groups is 1. The molecule has 19 heavy (non-hydrogen) atoms. The van der Waals surface area contributed by atoms with Gasteiger partial charge in [-0.15, -0.1) is 0 Å². The van der Waals surface area contributed by atoms with E-state index in [1.807, 2.05) is 34.6 Å². The molecule has 4 nitrogen and oxygen atoms in total. The summed E-state index contributed by atoms with van der Waals surface area (Å²) < 4.78 is 5.43. The fourth-order valence-electron chi connectivity index (χ4n) is 1.53. The molecule has 0 bridgehead atoms. The van der Waals surface area contributed by atoms with Gasteiger partial charge in [0.15, 0.2) is 0 Å². The van der Waals surface area contributed by atoms with Crippen LogP contribution in [0.3, 0.4) is 0 Å². The number of hydrogen-bond donors (Lipinski definition) is 1. The molecule has 0 aromatic heterocycles. The van der Waals surface area contributed by atoms with E-state index in [0.717, 1.165) is 6.54 Å². The summed E-state index contributed by atoms with van der Waals surface area (Å²) in [5.74, 6) is 0.592. The van der Waals surface area contributed by atoms with Gasteiger partial charge < -0.3 is 15.0 Å². The molecule has 114 valence electrons. The number of nitrogens with zero attached hydrogens (tertiary/aromatic N) is 1. The number of rotatable bonds is 6. The first-order valence-electron chi connectivity index (χ1n) is 7.27. The molecule has 0 spiro atoms. The third-order valence-corrected chi connectivity index (χ3v) is 3.07. The van der Waals surface area contributed by atoms with Crippen LogP contribution in [0.4, 0.5) is 4.79 Å². The molecule has 0 aromatic rings. The molecular weight excluding hydrogens is 240 g/mol. The molecule has 4 heteroatoms. The SMILES string of the molecule is CC(C)C(C)NCCN(C(=O)OC(C)(C)C)C(C)C. The minimum absolute atomic E-state index is 0.144. The molecule has 1 N–H and O–H groups in total. The van der Waals surface area contributed by atoms with E-state index in [1.165, 1.54) is 0 Å². The average Bonchev–Trinajstić information content (AvgIpc) is 2.20. The first-order chi connectivity index (χ1) is 8.54. The number of nitrogens with one attached hydrogen (secondary N) is 1. The zero-order valence-corrected chi connectivity index (χ0v) is 13.9. The van der Waals surface area contributed by atoms with E-state index in [1.54, 1.807) is 4.90 Å². The predicted octanol–water partition coefficient (Wildman–Crippen LogP) is 3.27. The van der Waals surface area contributed by atoms with E-state index in [2.05, 4.69) is 26.1 Å². The van der Waals surface area contributed by atoms with Gasteiger partial charge in [-0.25, -0.2) is 4.79 Å². The van der Waals surface area contributed by atoms with Crippen molar-refractivity contribution in [2.45, 2.75) is 73.1 Å². The third kappa shape index (κ3) is 8.09. The van der Waals surface area contributed by atoms with Crippen LogP contribution in [0.2, 0.25) is 0 Å². The summed E-state index contributed by atoms with van der Waals surface area (Å²) in [6.07, 6.45) is -0.235. The van der Waals surface area contributed by atoms with E-state index >= 15 is 0 Å². The van der Waals surface area contributed by atoms with Crippen LogP contribution >= 0.6 is 0 Å². The van der Waals surface area contributed by atoms with Crippen molar-refractivity contribution in [3.8, 4) is 0 Å². The lowest BCUT2D eigenvalue weighted by atomic mass is 10.1. The van der Waals surface area contributed by atoms with Gasteiger partial charge in [0.2, 0.25) is 0 Å². The van der Waals surface area contributed by atoms with Gasteiger partial charge in [0.05, 0.1) is 0 Å². The van der Waals surface area contributed by atoms with E-state index in [4.69, 9.17) is 4.74 Å². The van der Waals surface area contributed by atoms with Gasteiger partial charge in [-0.3, -0.25) is 0 Å². The van der Waals surface area contributed by atoms with Crippen LogP contribution < -0.4 is 5.32 Å². The summed E-state index contributed by atoms with van der Waals surface area (Å²) in [6.45, 7) is 17.7. The average molecular weight is 272 g/mol. The summed E-state index contributed by atoms with van der Waals surface area (Å²) in [5.41, 5.74) is -0.442. The number of hydrogen-bond acceptors (Lipinski definition) is 3. The van der Waals surface area contributed by atoms with Gasteiger partial charge in [0, 0.05) is 25.2 Å². The summed E-state index contributed by atoms with van der Waals surface area (Å²) >= 11 is 0. The number of amides is 1.